The molecule has 0 fully saturated rings. The first kappa shape index (κ1) is 14.4. The van der Waals surface area contributed by atoms with Crippen molar-refractivity contribution in [1.29, 1.82) is 0 Å². The van der Waals surface area contributed by atoms with Crippen LogP contribution < -0.4 is 10.5 Å². The summed E-state index contributed by atoms with van der Waals surface area (Å²) in [5.41, 5.74) is 7.25. The fourth-order valence-electron chi connectivity index (χ4n) is 1.74. The summed E-state index contributed by atoms with van der Waals surface area (Å²) in [6.07, 6.45) is 0. The Morgan fingerprint density at radius 1 is 1.05 bits per heavy atom. The molecule has 2 aromatic rings. The third-order valence-corrected chi connectivity index (χ3v) is 4.60. The minimum absolute atomic E-state index is 0.0738. The van der Waals surface area contributed by atoms with Crippen LogP contribution in [0.2, 0.25) is 0 Å². The smallest absolute Gasteiger partial charge is 0.181 e. The number of aryl methyl sites for hydroxylation is 1. The van der Waals surface area contributed by atoms with Gasteiger partial charge in [-0.2, -0.15) is 0 Å². The van der Waals surface area contributed by atoms with Crippen LogP contribution in [0.3, 0.4) is 0 Å². The topological polar surface area (TPSA) is 69.4 Å². The van der Waals surface area contributed by atoms with E-state index >= 15 is 0 Å². The molecule has 0 aliphatic carbocycles. The molecule has 0 saturated heterocycles. The van der Waals surface area contributed by atoms with Crippen molar-refractivity contribution < 1.29 is 13.2 Å². The molecule has 0 heterocycles. The minimum atomic E-state index is -3.33. The van der Waals surface area contributed by atoms with Gasteiger partial charge in [0.15, 0.2) is 9.84 Å². The number of hydrogen-bond donors (Lipinski definition) is 1. The normalized spacial score (nSPS) is 11.2. The van der Waals surface area contributed by atoms with Gasteiger partial charge in [-0.25, -0.2) is 8.42 Å². The van der Waals surface area contributed by atoms with Crippen LogP contribution in [0.5, 0.6) is 5.75 Å². The zero-order chi connectivity index (χ0) is 14.6. The second-order valence-electron chi connectivity index (χ2n) is 4.52. The van der Waals surface area contributed by atoms with E-state index in [1.165, 1.54) is 0 Å². The van der Waals surface area contributed by atoms with E-state index in [9.17, 15) is 8.42 Å². The highest BCUT2D eigenvalue weighted by Crippen LogP contribution is 2.20. The van der Waals surface area contributed by atoms with Gasteiger partial charge in [0.1, 0.15) is 12.4 Å². The third kappa shape index (κ3) is 3.51. The second-order valence-corrected chi connectivity index (χ2v) is 6.63. The molecular formula is C15H17NO3S. The van der Waals surface area contributed by atoms with E-state index in [1.54, 1.807) is 48.5 Å². The van der Waals surface area contributed by atoms with Gasteiger partial charge in [0, 0.05) is 0 Å². The lowest BCUT2D eigenvalue weighted by atomic mass is 10.2. The Labute approximate surface area is 119 Å². The fraction of sp³-hybridized carbons (Fsp3) is 0.200. The van der Waals surface area contributed by atoms with Crippen LogP contribution in [0.15, 0.2) is 53.4 Å². The van der Waals surface area contributed by atoms with Crippen LogP contribution >= 0.6 is 0 Å². The quantitative estimate of drug-likeness (QED) is 0.859. The van der Waals surface area contributed by atoms with Gasteiger partial charge >= 0.3 is 0 Å². The lowest BCUT2D eigenvalue weighted by Crippen LogP contribution is -2.14. The number of sulfone groups is 1. The molecule has 0 saturated carbocycles. The minimum Gasteiger partial charge on any atom is -0.490 e. The standard InChI is InChI=1S/C15H17NO3S/c1-12-6-8-13(9-7-12)20(17,18)11-10-19-15-5-3-2-4-14(15)16/h2-9H,10-11,16H2,1H3. The van der Waals surface area contributed by atoms with Gasteiger partial charge in [-0.05, 0) is 31.2 Å². The lowest BCUT2D eigenvalue weighted by molar-refractivity contribution is 0.342. The van der Waals surface area contributed by atoms with Crippen molar-refractivity contribution >= 4 is 15.5 Å². The molecule has 0 atom stereocenters. The zero-order valence-corrected chi connectivity index (χ0v) is 12.1. The summed E-state index contributed by atoms with van der Waals surface area (Å²) in [4.78, 5) is 0.313. The fourth-order valence-corrected chi connectivity index (χ4v) is 2.83. The van der Waals surface area contributed by atoms with Crippen LogP contribution in [0.4, 0.5) is 5.69 Å². The highest BCUT2D eigenvalue weighted by atomic mass is 32.2. The molecule has 4 nitrogen and oxygen atoms in total. The predicted octanol–water partition coefficient (Wildman–Crippen LogP) is 2.43. The summed E-state index contributed by atoms with van der Waals surface area (Å²) < 4.78 is 29.6. The Hall–Kier alpha value is -2.01. The third-order valence-electron chi connectivity index (χ3n) is 2.91. The zero-order valence-electron chi connectivity index (χ0n) is 11.2. The van der Waals surface area contributed by atoms with Crippen LogP contribution in [-0.2, 0) is 9.84 Å². The largest absolute Gasteiger partial charge is 0.490 e. The molecule has 2 N–H and O–H groups in total. The molecule has 20 heavy (non-hydrogen) atoms. The Balaban J connectivity index is 2.00. The summed E-state index contributed by atoms with van der Waals surface area (Å²) in [7, 11) is -3.33. The number of anilines is 1. The highest BCUT2D eigenvalue weighted by Gasteiger charge is 2.14. The van der Waals surface area contributed by atoms with Gasteiger partial charge in [-0.1, -0.05) is 29.8 Å². The molecule has 106 valence electrons. The highest BCUT2D eigenvalue weighted by molar-refractivity contribution is 7.91. The van der Waals surface area contributed by atoms with Gasteiger partial charge in [0.05, 0.1) is 16.3 Å². The van der Waals surface area contributed by atoms with E-state index in [-0.39, 0.29) is 12.4 Å². The number of ether oxygens (including phenoxy) is 1. The molecule has 0 radical (unpaired) electrons. The molecule has 2 rings (SSSR count). The lowest BCUT2D eigenvalue weighted by Gasteiger charge is -2.09. The molecule has 0 aromatic heterocycles. The maximum absolute atomic E-state index is 12.1. The van der Waals surface area contributed by atoms with Crippen molar-refractivity contribution in [3.8, 4) is 5.75 Å². The number of nitrogens with two attached hydrogens (primary N) is 1. The van der Waals surface area contributed by atoms with E-state index < -0.39 is 9.84 Å². The first-order chi connectivity index (χ1) is 9.49. The summed E-state index contributed by atoms with van der Waals surface area (Å²) in [5.74, 6) is 0.427. The Morgan fingerprint density at radius 3 is 2.35 bits per heavy atom. The summed E-state index contributed by atoms with van der Waals surface area (Å²) in [6, 6.07) is 13.8. The molecule has 0 spiro atoms. The number of rotatable bonds is 5. The van der Waals surface area contributed by atoms with E-state index in [0.29, 0.717) is 16.3 Å². The van der Waals surface area contributed by atoms with E-state index in [1.807, 2.05) is 6.92 Å². The van der Waals surface area contributed by atoms with Crippen molar-refractivity contribution in [3.63, 3.8) is 0 Å². The SMILES string of the molecule is Cc1ccc(S(=O)(=O)CCOc2ccccc2N)cc1. The molecule has 5 heteroatoms. The van der Waals surface area contributed by atoms with Crippen LogP contribution in [0, 0.1) is 6.92 Å². The van der Waals surface area contributed by atoms with Gasteiger partial charge in [-0.3, -0.25) is 0 Å². The molecule has 0 unspecified atom stereocenters. The first-order valence-electron chi connectivity index (χ1n) is 6.26. The molecular weight excluding hydrogens is 274 g/mol. The maximum atomic E-state index is 12.1. The van der Waals surface area contributed by atoms with E-state index in [2.05, 4.69) is 0 Å². The van der Waals surface area contributed by atoms with E-state index in [4.69, 9.17) is 10.5 Å². The van der Waals surface area contributed by atoms with Crippen molar-refractivity contribution in [3.05, 3.63) is 54.1 Å². The molecule has 0 aliphatic heterocycles. The van der Waals surface area contributed by atoms with Gasteiger partial charge in [0.25, 0.3) is 0 Å². The molecule has 2 aromatic carbocycles. The van der Waals surface area contributed by atoms with Crippen LogP contribution in [-0.4, -0.2) is 20.8 Å². The average molecular weight is 291 g/mol. The van der Waals surface area contributed by atoms with Gasteiger partial charge < -0.3 is 10.5 Å². The summed E-state index contributed by atoms with van der Waals surface area (Å²) >= 11 is 0. The Kier molecular flexibility index (Phi) is 4.29. The molecule has 0 amide bonds. The van der Waals surface area contributed by atoms with Crippen molar-refractivity contribution in [2.45, 2.75) is 11.8 Å². The Morgan fingerprint density at radius 2 is 1.70 bits per heavy atom. The number of hydrogen-bond acceptors (Lipinski definition) is 4. The number of para-hydroxylation sites is 2. The summed E-state index contributed by atoms with van der Waals surface area (Å²) in [5, 5.41) is 0. The van der Waals surface area contributed by atoms with Crippen LogP contribution in [0.1, 0.15) is 5.56 Å². The van der Waals surface area contributed by atoms with Gasteiger partial charge in [-0.15, -0.1) is 0 Å². The van der Waals surface area contributed by atoms with Crippen LogP contribution in [0.25, 0.3) is 0 Å². The van der Waals surface area contributed by atoms with Crippen molar-refractivity contribution in [2.24, 2.45) is 0 Å². The number of benzene rings is 2. The summed E-state index contributed by atoms with van der Waals surface area (Å²) in [6.45, 7) is 1.99. The van der Waals surface area contributed by atoms with Gasteiger partial charge in [0.2, 0.25) is 0 Å². The molecule has 0 bridgehead atoms. The first-order valence-corrected chi connectivity index (χ1v) is 7.91. The van der Waals surface area contributed by atoms with Crippen molar-refractivity contribution in [1.82, 2.24) is 0 Å². The number of nitrogen functional groups attached to an aromatic ring is 1. The average Bonchev–Trinajstić information content (AvgIpc) is 2.41. The predicted molar refractivity (Wildman–Crippen MR) is 79.6 cm³/mol. The van der Waals surface area contributed by atoms with E-state index in [0.717, 1.165) is 5.56 Å². The molecule has 0 aliphatic rings. The maximum Gasteiger partial charge on any atom is 0.181 e. The second kappa shape index (κ2) is 5.96. The van der Waals surface area contributed by atoms with Crippen molar-refractivity contribution in [2.75, 3.05) is 18.1 Å². The Bertz CT molecular complexity index is 679. The monoisotopic (exact) mass is 291 g/mol.